The molecular weight excluding hydrogens is 496 g/mol. The fourth-order valence-electron chi connectivity index (χ4n) is 4.19. The third kappa shape index (κ3) is 7.17. The normalized spacial score (nSPS) is 15.2. The molecule has 3 rings (SSSR count). The zero-order valence-electron chi connectivity index (χ0n) is 20.4. The van der Waals surface area contributed by atoms with Crippen LogP contribution in [0.1, 0.15) is 29.2 Å². The maximum atomic E-state index is 12.8. The molecule has 9 nitrogen and oxygen atoms in total. The minimum Gasteiger partial charge on any atom is -0.480 e. The number of carboxylic acid groups (broad SMARTS) is 1. The number of hydrogen-bond acceptors (Lipinski definition) is 7. The number of benzene rings is 2. The zero-order valence-corrected chi connectivity index (χ0v) is 21.3. The molecule has 0 heterocycles. The maximum absolute atomic E-state index is 12.8. The molecule has 10 heteroatoms. The Balaban J connectivity index is 2.30. The summed E-state index contributed by atoms with van der Waals surface area (Å²) in [6, 6.07) is 11.7. The standard InChI is InChI=1S/C27H28N2O7S/c1-17-9-19(14-28-7-8-30)12-20(10-17)26(23-5-3-4-6-24(23)37(34,35)36)21-11-18(2)27(33)22(13-21)15-29-16-25(31)32/h3-6,8-13,28-29H,7,14-16H2,1-2H3,(H,31,32)(H,34,35,36)/b26-21-. The van der Waals surface area contributed by atoms with Gasteiger partial charge in [-0.25, -0.2) is 0 Å². The molecule has 2 aromatic carbocycles. The summed E-state index contributed by atoms with van der Waals surface area (Å²) in [6.07, 6.45) is 4.00. The average molecular weight is 525 g/mol. The molecule has 0 fully saturated rings. The van der Waals surface area contributed by atoms with Crippen molar-refractivity contribution in [1.82, 2.24) is 10.6 Å². The van der Waals surface area contributed by atoms with Crippen LogP contribution in [0.3, 0.4) is 0 Å². The Bertz CT molecular complexity index is 1440. The van der Waals surface area contributed by atoms with Gasteiger partial charge < -0.3 is 20.5 Å². The fourth-order valence-corrected chi connectivity index (χ4v) is 4.89. The summed E-state index contributed by atoms with van der Waals surface area (Å²) in [5, 5.41) is 14.7. The van der Waals surface area contributed by atoms with Gasteiger partial charge in [0.05, 0.1) is 13.1 Å². The van der Waals surface area contributed by atoms with E-state index in [1.807, 2.05) is 25.1 Å². The Hall–Kier alpha value is -3.70. The Morgan fingerprint density at radius 1 is 1.03 bits per heavy atom. The van der Waals surface area contributed by atoms with Gasteiger partial charge in [0, 0.05) is 24.2 Å². The molecule has 0 bridgehead atoms. The molecule has 0 saturated carbocycles. The molecular formula is C27H28N2O7S. The molecule has 37 heavy (non-hydrogen) atoms. The van der Waals surface area contributed by atoms with Crippen LogP contribution < -0.4 is 10.6 Å². The summed E-state index contributed by atoms with van der Waals surface area (Å²) in [4.78, 5) is 34.2. The lowest BCUT2D eigenvalue weighted by molar-refractivity contribution is -0.136. The summed E-state index contributed by atoms with van der Waals surface area (Å²) in [5.74, 6) is -1.32. The molecule has 0 saturated heterocycles. The van der Waals surface area contributed by atoms with Crippen LogP contribution in [0.25, 0.3) is 5.57 Å². The first-order chi connectivity index (χ1) is 17.5. The highest BCUT2D eigenvalue weighted by Gasteiger charge is 2.24. The van der Waals surface area contributed by atoms with E-state index in [1.165, 1.54) is 12.1 Å². The fraction of sp³-hybridized carbons (Fsp3) is 0.222. The maximum Gasteiger partial charge on any atom is 0.317 e. The van der Waals surface area contributed by atoms with Crippen LogP contribution >= 0.6 is 0 Å². The van der Waals surface area contributed by atoms with Gasteiger partial charge in [-0.2, -0.15) is 8.42 Å². The van der Waals surface area contributed by atoms with Crippen molar-refractivity contribution in [3.05, 3.63) is 93.6 Å². The van der Waals surface area contributed by atoms with Crippen LogP contribution in [0, 0.1) is 6.92 Å². The van der Waals surface area contributed by atoms with E-state index in [-0.39, 0.29) is 35.9 Å². The number of aryl methyl sites for hydroxylation is 1. The monoisotopic (exact) mass is 524 g/mol. The summed E-state index contributed by atoms with van der Waals surface area (Å²) >= 11 is 0. The highest BCUT2D eigenvalue weighted by atomic mass is 32.2. The van der Waals surface area contributed by atoms with Gasteiger partial charge in [-0.05, 0) is 66.0 Å². The number of ketones is 1. The lowest BCUT2D eigenvalue weighted by Gasteiger charge is -2.20. The number of carbonyl (C=O) groups is 3. The summed E-state index contributed by atoms with van der Waals surface area (Å²) < 4.78 is 34.6. The second-order valence-corrected chi connectivity index (χ2v) is 10.0. The highest BCUT2D eigenvalue weighted by Crippen LogP contribution is 2.36. The molecule has 0 amide bonds. The number of aldehydes is 1. The predicted molar refractivity (Wildman–Crippen MR) is 139 cm³/mol. The first-order valence-corrected chi connectivity index (χ1v) is 12.9. The number of rotatable bonds is 11. The van der Waals surface area contributed by atoms with Crippen LogP contribution in [0.5, 0.6) is 0 Å². The highest BCUT2D eigenvalue weighted by molar-refractivity contribution is 7.86. The minimum absolute atomic E-state index is 0.00171. The van der Waals surface area contributed by atoms with Crippen LogP contribution in [0.15, 0.2) is 76.2 Å². The second-order valence-electron chi connectivity index (χ2n) is 8.63. The number of hydrogen-bond donors (Lipinski definition) is 4. The van der Waals surface area contributed by atoms with Crippen molar-refractivity contribution in [1.29, 1.82) is 0 Å². The first-order valence-electron chi connectivity index (χ1n) is 11.4. The number of nitrogens with one attached hydrogen (secondary N) is 2. The third-order valence-corrected chi connectivity index (χ3v) is 6.56. The van der Waals surface area contributed by atoms with Gasteiger partial charge in [-0.15, -0.1) is 0 Å². The smallest absolute Gasteiger partial charge is 0.317 e. The van der Waals surface area contributed by atoms with Gasteiger partial charge in [0.25, 0.3) is 10.1 Å². The zero-order chi connectivity index (χ0) is 27.2. The van der Waals surface area contributed by atoms with E-state index in [0.717, 1.165) is 17.4 Å². The van der Waals surface area contributed by atoms with E-state index in [1.54, 1.807) is 31.2 Å². The van der Waals surface area contributed by atoms with Gasteiger partial charge in [0.15, 0.2) is 5.78 Å². The summed E-state index contributed by atoms with van der Waals surface area (Å²) in [7, 11) is -4.60. The predicted octanol–water partition coefficient (Wildman–Crippen LogP) is 2.46. The van der Waals surface area contributed by atoms with Gasteiger partial charge in [0.1, 0.15) is 11.2 Å². The molecule has 4 N–H and O–H groups in total. The Labute approximate surface area is 215 Å². The topological polar surface area (TPSA) is 150 Å². The molecule has 0 unspecified atom stereocenters. The minimum atomic E-state index is -4.60. The van der Waals surface area contributed by atoms with Gasteiger partial charge in [0.2, 0.25) is 0 Å². The van der Waals surface area contributed by atoms with E-state index in [0.29, 0.717) is 34.4 Å². The molecule has 1 aliphatic carbocycles. The quantitative estimate of drug-likeness (QED) is 0.197. The van der Waals surface area contributed by atoms with E-state index in [2.05, 4.69) is 10.6 Å². The lowest BCUT2D eigenvalue weighted by Crippen LogP contribution is -2.28. The average Bonchev–Trinajstić information content (AvgIpc) is 2.81. The van der Waals surface area contributed by atoms with E-state index < -0.39 is 16.1 Å². The van der Waals surface area contributed by atoms with Crippen molar-refractivity contribution < 1.29 is 32.5 Å². The van der Waals surface area contributed by atoms with Crippen molar-refractivity contribution >= 4 is 33.7 Å². The van der Waals surface area contributed by atoms with Crippen molar-refractivity contribution in [2.45, 2.75) is 25.3 Å². The SMILES string of the molecule is CC1=C/C(=C(\c2cc(C)cc(CNCC=O)c2)c2ccccc2S(=O)(=O)O)C=C(CNCC(=O)O)C1=O. The largest absolute Gasteiger partial charge is 0.480 e. The molecule has 0 spiro atoms. The van der Waals surface area contributed by atoms with Crippen molar-refractivity contribution in [3.8, 4) is 0 Å². The molecule has 194 valence electrons. The molecule has 0 radical (unpaired) electrons. The second kappa shape index (κ2) is 12.0. The number of Topliss-reactive ketones (excluding diaryl/α,β-unsaturated/α-hetero) is 1. The molecule has 2 aromatic rings. The number of aliphatic carboxylic acids is 1. The van der Waals surface area contributed by atoms with E-state index in [4.69, 9.17) is 5.11 Å². The first kappa shape index (κ1) is 27.9. The van der Waals surface area contributed by atoms with Crippen LogP contribution in [-0.4, -0.2) is 55.8 Å². The van der Waals surface area contributed by atoms with Gasteiger partial charge >= 0.3 is 5.97 Å². The van der Waals surface area contributed by atoms with Crippen molar-refractivity contribution in [2.24, 2.45) is 0 Å². The molecule has 0 aromatic heterocycles. The Morgan fingerprint density at radius 3 is 2.43 bits per heavy atom. The van der Waals surface area contributed by atoms with Crippen molar-refractivity contribution in [3.63, 3.8) is 0 Å². The molecule has 1 aliphatic rings. The number of allylic oxidation sites excluding steroid dienone is 4. The number of carbonyl (C=O) groups excluding carboxylic acids is 2. The third-order valence-electron chi connectivity index (χ3n) is 5.65. The summed E-state index contributed by atoms with van der Waals surface area (Å²) in [5.41, 5.74) is 4.31. The van der Waals surface area contributed by atoms with Crippen LogP contribution in [0.4, 0.5) is 0 Å². The van der Waals surface area contributed by atoms with E-state index >= 15 is 0 Å². The Kier molecular flexibility index (Phi) is 9.06. The van der Waals surface area contributed by atoms with Crippen molar-refractivity contribution in [2.75, 3.05) is 19.6 Å². The van der Waals surface area contributed by atoms with Gasteiger partial charge in [-0.1, -0.05) is 35.9 Å². The molecule has 0 atom stereocenters. The van der Waals surface area contributed by atoms with Crippen LogP contribution in [-0.2, 0) is 31.0 Å². The lowest BCUT2D eigenvalue weighted by atomic mass is 9.85. The molecule has 0 aliphatic heterocycles. The Morgan fingerprint density at radius 2 is 1.76 bits per heavy atom. The summed E-state index contributed by atoms with van der Waals surface area (Å²) in [6.45, 7) is 3.74. The van der Waals surface area contributed by atoms with Gasteiger partial charge in [-0.3, -0.25) is 14.1 Å². The number of carboxylic acids is 1. The van der Waals surface area contributed by atoms with Crippen LogP contribution in [0.2, 0.25) is 0 Å². The van der Waals surface area contributed by atoms with E-state index in [9.17, 15) is 27.4 Å².